The average Bonchev–Trinajstić information content (AvgIpc) is 2.39. The second kappa shape index (κ2) is 5.49. The predicted octanol–water partition coefficient (Wildman–Crippen LogP) is 2.23. The number of hydrogen-bond acceptors (Lipinski definition) is 4. The Hall–Kier alpha value is -1.10. The van der Waals surface area contributed by atoms with E-state index >= 15 is 0 Å². The summed E-state index contributed by atoms with van der Waals surface area (Å²) in [6, 6.07) is 3.92. The van der Waals surface area contributed by atoms with Gasteiger partial charge in [0, 0.05) is 23.8 Å². The van der Waals surface area contributed by atoms with Crippen molar-refractivity contribution < 1.29 is 9.53 Å². The van der Waals surface area contributed by atoms with Gasteiger partial charge in [-0.25, -0.2) is 4.98 Å². The fraction of sp³-hybridized carbons (Fsp3) is 0.500. The number of ether oxygens (including phenoxy) is 1. The molecule has 1 unspecified atom stereocenters. The van der Waals surface area contributed by atoms with Crippen molar-refractivity contribution in [1.82, 2.24) is 4.98 Å². The van der Waals surface area contributed by atoms with Gasteiger partial charge in [0.2, 0.25) is 0 Å². The number of piperidine rings is 1. The molecule has 4 nitrogen and oxygen atoms in total. The summed E-state index contributed by atoms with van der Waals surface area (Å²) in [6.45, 7) is 1.64. The van der Waals surface area contributed by atoms with Crippen LogP contribution in [-0.2, 0) is 9.53 Å². The van der Waals surface area contributed by atoms with Crippen molar-refractivity contribution in [3.63, 3.8) is 0 Å². The molecule has 1 aliphatic rings. The van der Waals surface area contributed by atoms with Gasteiger partial charge in [0.1, 0.15) is 5.82 Å². The highest BCUT2D eigenvalue weighted by molar-refractivity contribution is 9.10. The third-order valence-corrected chi connectivity index (χ3v) is 3.46. The van der Waals surface area contributed by atoms with Gasteiger partial charge in [-0.15, -0.1) is 0 Å². The van der Waals surface area contributed by atoms with E-state index in [1.807, 2.05) is 12.1 Å². The molecule has 1 fully saturated rings. The molecular formula is C12H15BrN2O2. The van der Waals surface area contributed by atoms with E-state index in [2.05, 4.69) is 25.8 Å². The van der Waals surface area contributed by atoms with Crippen molar-refractivity contribution in [2.45, 2.75) is 12.8 Å². The van der Waals surface area contributed by atoms with Gasteiger partial charge in [-0.3, -0.25) is 4.79 Å². The smallest absolute Gasteiger partial charge is 0.310 e. The Morgan fingerprint density at radius 1 is 1.59 bits per heavy atom. The van der Waals surface area contributed by atoms with Crippen molar-refractivity contribution in [3.8, 4) is 0 Å². The second-order valence-corrected chi connectivity index (χ2v) is 5.06. The molecule has 0 aliphatic carbocycles. The van der Waals surface area contributed by atoms with E-state index in [4.69, 9.17) is 4.74 Å². The van der Waals surface area contributed by atoms with Gasteiger partial charge in [0.05, 0.1) is 13.0 Å². The van der Waals surface area contributed by atoms with Crippen LogP contribution in [0.4, 0.5) is 5.82 Å². The number of nitrogens with zero attached hydrogens (tertiary/aromatic N) is 2. The van der Waals surface area contributed by atoms with Crippen molar-refractivity contribution >= 4 is 27.7 Å². The molecule has 1 aliphatic heterocycles. The highest BCUT2D eigenvalue weighted by Crippen LogP contribution is 2.23. The summed E-state index contributed by atoms with van der Waals surface area (Å²) >= 11 is 3.36. The lowest BCUT2D eigenvalue weighted by molar-refractivity contribution is -0.145. The third-order valence-electron chi connectivity index (χ3n) is 2.99. The molecular weight excluding hydrogens is 284 g/mol. The van der Waals surface area contributed by atoms with Gasteiger partial charge in [0.15, 0.2) is 0 Å². The zero-order chi connectivity index (χ0) is 12.3. The molecule has 92 valence electrons. The fourth-order valence-corrected chi connectivity index (χ4v) is 2.33. The lowest BCUT2D eigenvalue weighted by Gasteiger charge is -2.32. The number of anilines is 1. The molecule has 0 radical (unpaired) electrons. The molecule has 5 heteroatoms. The van der Waals surface area contributed by atoms with Gasteiger partial charge in [-0.1, -0.05) is 0 Å². The SMILES string of the molecule is COC(=O)C1CCCN(c2ccc(Br)cn2)C1. The Balaban J connectivity index is 2.06. The van der Waals surface area contributed by atoms with Crippen molar-refractivity contribution in [2.75, 3.05) is 25.1 Å². The molecule has 1 aromatic heterocycles. The molecule has 2 rings (SSSR count). The first-order valence-corrected chi connectivity index (χ1v) is 6.44. The predicted molar refractivity (Wildman–Crippen MR) is 68.9 cm³/mol. The lowest BCUT2D eigenvalue weighted by atomic mass is 9.98. The van der Waals surface area contributed by atoms with Crippen molar-refractivity contribution in [1.29, 1.82) is 0 Å². The number of rotatable bonds is 2. The molecule has 0 amide bonds. The molecule has 0 saturated carbocycles. The number of carbonyl (C=O) groups excluding carboxylic acids is 1. The topological polar surface area (TPSA) is 42.4 Å². The zero-order valence-corrected chi connectivity index (χ0v) is 11.3. The van der Waals surface area contributed by atoms with Crippen LogP contribution in [0.3, 0.4) is 0 Å². The Morgan fingerprint density at radius 3 is 3.06 bits per heavy atom. The lowest BCUT2D eigenvalue weighted by Crippen LogP contribution is -2.39. The van der Waals surface area contributed by atoms with E-state index in [1.54, 1.807) is 6.20 Å². The molecule has 2 heterocycles. The number of hydrogen-bond donors (Lipinski definition) is 0. The van der Waals surface area contributed by atoms with Crippen LogP contribution in [0.1, 0.15) is 12.8 Å². The largest absolute Gasteiger partial charge is 0.469 e. The number of aromatic nitrogens is 1. The summed E-state index contributed by atoms with van der Waals surface area (Å²) < 4.78 is 5.76. The first-order valence-electron chi connectivity index (χ1n) is 5.65. The normalized spacial score (nSPS) is 20.1. The summed E-state index contributed by atoms with van der Waals surface area (Å²) in [5.74, 6) is 0.771. The molecule has 1 saturated heterocycles. The quantitative estimate of drug-likeness (QED) is 0.785. The summed E-state index contributed by atoms with van der Waals surface area (Å²) in [7, 11) is 1.44. The maximum Gasteiger partial charge on any atom is 0.310 e. The van der Waals surface area contributed by atoms with E-state index in [9.17, 15) is 4.79 Å². The third kappa shape index (κ3) is 2.97. The number of methoxy groups -OCH3 is 1. The minimum absolute atomic E-state index is 0.0285. The van der Waals surface area contributed by atoms with Crippen molar-refractivity contribution in [3.05, 3.63) is 22.8 Å². The summed E-state index contributed by atoms with van der Waals surface area (Å²) in [5.41, 5.74) is 0. The summed E-state index contributed by atoms with van der Waals surface area (Å²) in [4.78, 5) is 18.0. The van der Waals surface area contributed by atoms with Crippen LogP contribution in [0, 0.1) is 5.92 Å². The molecule has 1 atom stereocenters. The molecule has 1 aromatic rings. The number of esters is 1. The molecule has 0 aromatic carbocycles. The standard InChI is InChI=1S/C12H15BrN2O2/c1-17-12(16)9-3-2-6-15(8-9)11-5-4-10(13)7-14-11/h4-5,7,9H,2-3,6,8H2,1H3. The highest BCUT2D eigenvalue weighted by Gasteiger charge is 2.26. The Labute approximate surface area is 109 Å². The minimum atomic E-state index is -0.119. The van der Waals surface area contributed by atoms with E-state index in [0.717, 1.165) is 29.7 Å². The van der Waals surface area contributed by atoms with Gasteiger partial charge in [-0.05, 0) is 40.9 Å². The van der Waals surface area contributed by atoms with E-state index < -0.39 is 0 Å². The zero-order valence-electron chi connectivity index (χ0n) is 9.73. The van der Waals surface area contributed by atoms with Crippen LogP contribution in [0.2, 0.25) is 0 Å². The van der Waals surface area contributed by atoms with Gasteiger partial charge >= 0.3 is 5.97 Å². The van der Waals surface area contributed by atoms with Crippen LogP contribution >= 0.6 is 15.9 Å². The first kappa shape index (κ1) is 12.4. The maximum absolute atomic E-state index is 11.5. The summed E-state index contributed by atoms with van der Waals surface area (Å²) in [5, 5.41) is 0. The maximum atomic E-state index is 11.5. The Kier molecular flexibility index (Phi) is 3.99. The van der Waals surface area contributed by atoms with Crippen LogP contribution in [-0.4, -0.2) is 31.2 Å². The van der Waals surface area contributed by atoms with E-state index in [0.29, 0.717) is 6.54 Å². The molecule has 17 heavy (non-hydrogen) atoms. The molecule has 0 spiro atoms. The molecule has 0 N–H and O–H groups in total. The molecule has 0 bridgehead atoms. The fourth-order valence-electron chi connectivity index (χ4n) is 2.10. The number of pyridine rings is 1. The van der Waals surface area contributed by atoms with Crippen LogP contribution in [0.25, 0.3) is 0 Å². The first-order chi connectivity index (χ1) is 8.20. The Morgan fingerprint density at radius 2 is 2.41 bits per heavy atom. The van der Waals surface area contributed by atoms with Gasteiger partial charge < -0.3 is 9.64 Å². The van der Waals surface area contributed by atoms with Crippen LogP contribution < -0.4 is 4.90 Å². The van der Waals surface area contributed by atoms with Gasteiger partial charge in [0.25, 0.3) is 0 Å². The van der Waals surface area contributed by atoms with E-state index in [1.165, 1.54) is 7.11 Å². The van der Waals surface area contributed by atoms with Crippen LogP contribution in [0.5, 0.6) is 0 Å². The number of halogens is 1. The van der Waals surface area contributed by atoms with Crippen molar-refractivity contribution in [2.24, 2.45) is 5.92 Å². The average molecular weight is 299 g/mol. The highest BCUT2D eigenvalue weighted by atomic mass is 79.9. The second-order valence-electron chi connectivity index (χ2n) is 4.14. The number of carbonyl (C=O) groups is 1. The monoisotopic (exact) mass is 298 g/mol. The minimum Gasteiger partial charge on any atom is -0.469 e. The van der Waals surface area contributed by atoms with E-state index in [-0.39, 0.29) is 11.9 Å². The Bertz CT molecular complexity index is 394. The summed E-state index contributed by atoms with van der Waals surface area (Å²) in [6.07, 6.45) is 3.67. The van der Waals surface area contributed by atoms with Gasteiger partial charge in [-0.2, -0.15) is 0 Å². The van der Waals surface area contributed by atoms with Crippen LogP contribution in [0.15, 0.2) is 22.8 Å².